The molecule has 108 valence electrons. The average Bonchev–Trinajstić information content (AvgIpc) is 2.49. The van der Waals surface area contributed by atoms with Crippen molar-refractivity contribution in [2.45, 2.75) is 12.8 Å². The van der Waals surface area contributed by atoms with Gasteiger partial charge in [-0.05, 0) is 17.2 Å². The van der Waals surface area contributed by atoms with E-state index in [9.17, 15) is 9.59 Å². The van der Waals surface area contributed by atoms with Crippen LogP contribution in [0.1, 0.15) is 24.0 Å². The van der Waals surface area contributed by atoms with Crippen LogP contribution < -0.4 is 10.8 Å². The smallest absolute Gasteiger partial charge is 0.255 e. The van der Waals surface area contributed by atoms with Crippen LogP contribution in [-0.2, 0) is 9.59 Å². The molecule has 2 aromatic carbocycles. The van der Waals surface area contributed by atoms with Gasteiger partial charge in [0.1, 0.15) is 0 Å². The number of hydrogen-bond donors (Lipinski definition) is 3. The molecule has 0 aliphatic rings. The van der Waals surface area contributed by atoms with E-state index in [0.717, 1.165) is 5.56 Å². The van der Waals surface area contributed by atoms with E-state index in [4.69, 9.17) is 5.21 Å². The highest BCUT2D eigenvalue weighted by Crippen LogP contribution is 2.30. The molecule has 1 atom stereocenters. The molecule has 0 aliphatic heterocycles. The maximum atomic E-state index is 12.1. The zero-order chi connectivity index (χ0) is 15.2. The second-order valence-corrected chi connectivity index (χ2v) is 4.59. The first-order valence-corrected chi connectivity index (χ1v) is 6.49. The van der Waals surface area contributed by atoms with Crippen molar-refractivity contribution >= 4 is 17.5 Å². The minimum atomic E-state index is -0.709. The van der Waals surface area contributed by atoms with Gasteiger partial charge in [-0.25, -0.2) is 5.48 Å². The predicted molar refractivity (Wildman–Crippen MR) is 79.0 cm³/mol. The van der Waals surface area contributed by atoms with Crippen LogP contribution in [0.3, 0.4) is 0 Å². The summed E-state index contributed by atoms with van der Waals surface area (Å²) < 4.78 is 0. The van der Waals surface area contributed by atoms with E-state index in [1.807, 2.05) is 18.2 Å². The third-order valence-electron chi connectivity index (χ3n) is 3.09. The third-order valence-corrected chi connectivity index (χ3v) is 3.09. The fraction of sp³-hybridized carbons (Fsp3) is 0.125. The molecule has 0 aromatic heterocycles. The summed E-state index contributed by atoms with van der Waals surface area (Å²) in [6, 6.07) is 16.1. The van der Waals surface area contributed by atoms with Gasteiger partial charge in [0.2, 0.25) is 5.91 Å². The molecule has 0 fully saturated rings. The van der Waals surface area contributed by atoms with Crippen molar-refractivity contribution in [3.63, 3.8) is 0 Å². The molecule has 5 nitrogen and oxygen atoms in total. The van der Waals surface area contributed by atoms with Gasteiger partial charge < -0.3 is 5.32 Å². The highest BCUT2D eigenvalue weighted by Gasteiger charge is 2.24. The summed E-state index contributed by atoms with van der Waals surface area (Å²) in [5, 5.41) is 11.7. The molecule has 0 aliphatic carbocycles. The van der Waals surface area contributed by atoms with Gasteiger partial charge in [0.15, 0.2) is 0 Å². The Kier molecular flexibility index (Phi) is 4.68. The Hall–Kier alpha value is -2.66. The Morgan fingerprint density at radius 3 is 2.24 bits per heavy atom. The summed E-state index contributed by atoms with van der Waals surface area (Å²) in [5.74, 6) is -1.49. The Bertz CT molecular complexity index is 641. The number of hydroxylamine groups is 1. The van der Waals surface area contributed by atoms with Crippen molar-refractivity contribution in [3.05, 3.63) is 65.7 Å². The van der Waals surface area contributed by atoms with E-state index in [-0.39, 0.29) is 5.91 Å². The van der Waals surface area contributed by atoms with Crippen molar-refractivity contribution in [1.29, 1.82) is 0 Å². The second kappa shape index (κ2) is 6.67. The van der Waals surface area contributed by atoms with Crippen LogP contribution in [0.25, 0.3) is 0 Å². The van der Waals surface area contributed by atoms with E-state index >= 15 is 0 Å². The maximum Gasteiger partial charge on any atom is 0.255 e. The van der Waals surface area contributed by atoms with E-state index in [0.29, 0.717) is 11.3 Å². The predicted octanol–water partition coefficient (Wildman–Crippen LogP) is 2.28. The molecule has 1 unspecified atom stereocenters. The highest BCUT2D eigenvalue weighted by molar-refractivity contribution is 5.93. The lowest BCUT2D eigenvalue weighted by molar-refractivity contribution is -0.129. The van der Waals surface area contributed by atoms with Crippen molar-refractivity contribution in [2.24, 2.45) is 0 Å². The molecule has 0 saturated carbocycles. The number of para-hydroxylation sites is 1. The molecule has 2 rings (SSSR count). The molecular formula is C16H16N2O3. The summed E-state index contributed by atoms with van der Waals surface area (Å²) in [6.45, 7) is 1.40. The van der Waals surface area contributed by atoms with Gasteiger partial charge in [0.05, 0.1) is 5.92 Å². The zero-order valence-corrected chi connectivity index (χ0v) is 11.5. The van der Waals surface area contributed by atoms with Crippen molar-refractivity contribution in [1.82, 2.24) is 5.48 Å². The minimum Gasteiger partial charge on any atom is -0.326 e. The molecule has 0 radical (unpaired) electrons. The standard InChI is InChI=1S/C16H16N2O3/c1-11(19)17-14-10-6-5-9-13(14)15(16(20)18-21)12-7-3-2-4-8-12/h2-10,15,21H,1H3,(H,17,19)(H,18,20). The molecule has 0 spiro atoms. The van der Waals surface area contributed by atoms with Crippen molar-refractivity contribution in [2.75, 3.05) is 5.32 Å². The van der Waals surface area contributed by atoms with Gasteiger partial charge >= 0.3 is 0 Å². The third kappa shape index (κ3) is 3.46. The van der Waals surface area contributed by atoms with Crippen LogP contribution in [0.2, 0.25) is 0 Å². The largest absolute Gasteiger partial charge is 0.326 e. The summed E-state index contributed by atoms with van der Waals surface area (Å²) in [6.07, 6.45) is 0. The Morgan fingerprint density at radius 2 is 1.62 bits per heavy atom. The molecule has 0 bridgehead atoms. The van der Waals surface area contributed by atoms with E-state index in [1.165, 1.54) is 6.92 Å². The van der Waals surface area contributed by atoms with Gasteiger partial charge in [0.25, 0.3) is 5.91 Å². The Balaban J connectivity index is 2.52. The van der Waals surface area contributed by atoms with Gasteiger partial charge in [-0.1, -0.05) is 48.5 Å². The first-order chi connectivity index (χ1) is 10.1. The number of carbonyl (C=O) groups excluding carboxylic acids is 2. The SMILES string of the molecule is CC(=O)Nc1ccccc1C(C(=O)NO)c1ccccc1. The van der Waals surface area contributed by atoms with Crippen LogP contribution in [0.15, 0.2) is 54.6 Å². The first-order valence-electron chi connectivity index (χ1n) is 6.49. The molecule has 0 saturated heterocycles. The van der Waals surface area contributed by atoms with E-state index < -0.39 is 11.8 Å². The average molecular weight is 284 g/mol. The Morgan fingerprint density at radius 1 is 1.00 bits per heavy atom. The lowest BCUT2D eigenvalue weighted by Crippen LogP contribution is -2.28. The number of amides is 2. The van der Waals surface area contributed by atoms with E-state index in [1.54, 1.807) is 41.9 Å². The van der Waals surface area contributed by atoms with Crippen molar-refractivity contribution < 1.29 is 14.8 Å². The summed E-state index contributed by atoms with van der Waals surface area (Å²) in [4.78, 5) is 23.4. The summed E-state index contributed by atoms with van der Waals surface area (Å²) in [5.41, 5.74) is 3.57. The summed E-state index contributed by atoms with van der Waals surface area (Å²) >= 11 is 0. The van der Waals surface area contributed by atoms with Crippen LogP contribution >= 0.6 is 0 Å². The molecule has 3 N–H and O–H groups in total. The van der Waals surface area contributed by atoms with Gasteiger partial charge in [-0.15, -0.1) is 0 Å². The lowest BCUT2D eigenvalue weighted by atomic mass is 9.89. The molecular weight excluding hydrogens is 268 g/mol. The normalized spacial score (nSPS) is 11.5. The number of rotatable bonds is 4. The zero-order valence-electron chi connectivity index (χ0n) is 11.5. The number of nitrogens with one attached hydrogen (secondary N) is 2. The monoisotopic (exact) mass is 284 g/mol. The first kappa shape index (κ1) is 14.7. The lowest BCUT2D eigenvalue weighted by Gasteiger charge is -2.19. The highest BCUT2D eigenvalue weighted by atomic mass is 16.5. The molecule has 21 heavy (non-hydrogen) atoms. The van der Waals surface area contributed by atoms with Crippen LogP contribution in [-0.4, -0.2) is 17.0 Å². The van der Waals surface area contributed by atoms with Crippen LogP contribution in [0.4, 0.5) is 5.69 Å². The maximum absolute atomic E-state index is 12.1. The van der Waals surface area contributed by atoms with E-state index in [2.05, 4.69) is 5.32 Å². The van der Waals surface area contributed by atoms with Crippen molar-refractivity contribution in [3.8, 4) is 0 Å². The van der Waals surface area contributed by atoms with Crippen LogP contribution in [0, 0.1) is 0 Å². The second-order valence-electron chi connectivity index (χ2n) is 4.59. The molecule has 2 amide bonds. The fourth-order valence-corrected chi connectivity index (χ4v) is 2.23. The van der Waals surface area contributed by atoms with Gasteiger partial charge in [-0.2, -0.15) is 0 Å². The number of anilines is 1. The minimum absolute atomic E-state index is 0.223. The molecule has 0 heterocycles. The molecule has 2 aromatic rings. The topological polar surface area (TPSA) is 78.4 Å². The van der Waals surface area contributed by atoms with Crippen LogP contribution in [0.5, 0.6) is 0 Å². The number of benzene rings is 2. The quantitative estimate of drug-likeness (QED) is 0.595. The van der Waals surface area contributed by atoms with Gasteiger partial charge in [-0.3, -0.25) is 14.8 Å². The Labute approximate surface area is 122 Å². The van der Waals surface area contributed by atoms with Gasteiger partial charge in [0, 0.05) is 12.6 Å². The number of hydrogen-bond acceptors (Lipinski definition) is 3. The number of carbonyl (C=O) groups is 2. The summed E-state index contributed by atoms with van der Waals surface area (Å²) in [7, 11) is 0. The molecule has 5 heteroatoms. The fourth-order valence-electron chi connectivity index (χ4n) is 2.23.